The zero-order valence-electron chi connectivity index (χ0n) is 11.8. The van der Waals surface area contributed by atoms with Crippen LogP contribution >= 0.6 is 0 Å². The molecule has 0 bridgehead atoms. The third kappa shape index (κ3) is 5.71. The topological polar surface area (TPSA) is 84.2 Å². The molecule has 0 aliphatic rings. The van der Waals surface area contributed by atoms with Crippen molar-refractivity contribution in [2.45, 2.75) is 40.2 Å². The first-order chi connectivity index (χ1) is 8.96. The molecule has 2 N–H and O–H groups in total. The number of hydrogen-bond acceptors (Lipinski definition) is 5. The highest BCUT2D eigenvalue weighted by atomic mass is 32.2. The third-order valence-electron chi connectivity index (χ3n) is 2.84. The largest absolute Gasteiger partial charge is 0.361 e. The van der Waals surface area contributed by atoms with Crippen LogP contribution in [0.25, 0.3) is 0 Å². The monoisotopic (exact) mass is 289 g/mol. The first-order valence-corrected chi connectivity index (χ1v) is 8.21. The van der Waals surface area contributed by atoms with Crippen molar-refractivity contribution in [1.29, 1.82) is 0 Å². The van der Waals surface area contributed by atoms with Crippen LogP contribution in [-0.4, -0.2) is 32.4 Å². The van der Waals surface area contributed by atoms with Crippen LogP contribution in [0.15, 0.2) is 4.52 Å². The Bertz CT molecular complexity index is 463. The first kappa shape index (κ1) is 16.1. The zero-order chi connectivity index (χ0) is 14.3. The van der Waals surface area contributed by atoms with Crippen LogP contribution in [0.3, 0.4) is 0 Å². The molecule has 1 rings (SSSR count). The van der Waals surface area contributed by atoms with Gasteiger partial charge < -0.3 is 9.84 Å². The number of hydrogen-bond donors (Lipinski definition) is 2. The Kier molecular flexibility index (Phi) is 6.47. The second kappa shape index (κ2) is 7.62. The Labute approximate surface area is 115 Å². The molecule has 1 heterocycles. The van der Waals surface area contributed by atoms with Gasteiger partial charge in [-0.15, -0.1) is 0 Å². The van der Waals surface area contributed by atoms with Gasteiger partial charge in [0.05, 0.1) is 11.4 Å². The lowest BCUT2D eigenvalue weighted by Crippen LogP contribution is -2.28. The molecule has 7 heteroatoms. The van der Waals surface area contributed by atoms with E-state index < -0.39 is 10.0 Å². The summed E-state index contributed by atoms with van der Waals surface area (Å²) in [4.78, 5) is 0. The number of nitrogens with one attached hydrogen (secondary N) is 2. The van der Waals surface area contributed by atoms with Gasteiger partial charge in [-0.1, -0.05) is 12.1 Å². The highest BCUT2D eigenvalue weighted by molar-refractivity contribution is 7.89. The lowest BCUT2D eigenvalue weighted by atomic mass is 10.2. The van der Waals surface area contributed by atoms with Crippen LogP contribution in [-0.2, 0) is 16.6 Å². The Morgan fingerprint density at radius 1 is 1.26 bits per heavy atom. The van der Waals surface area contributed by atoms with Crippen molar-refractivity contribution < 1.29 is 12.9 Å². The van der Waals surface area contributed by atoms with E-state index in [9.17, 15) is 8.42 Å². The summed E-state index contributed by atoms with van der Waals surface area (Å²) >= 11 is 0. The van der Waals surface area contributed by atoms with Crippen LogP contribution in [0.1, 0.15) is 36.8 Å². The van der Waals surface area contributed by atoms with Gasteiger partial charge >= 0.3 is 0 Å². The number of rotatable bonds is 9. The molecular formula is C12H23N3O3S. The predicted octanol–water partition coefficient (Wildman–Crippen LogP) is 1.10. The number of nitrogens with zero attached hydrogens (tertiary/aromatic N) is 1. The molecule has 0 unspecified atom stereocenters. The Balaban J connectivity index is 2.35. The van der Waals surface area contributed by atoms with Gasteiger partial charge in [0, 0.05) is 12.1 Å². The molecule has 0 amide bonds. The maximum atomic E-state index is 11.8. The van der Waals surface area contributed by atoms with Gasteiger partial charge in [0.15, 0.2) is 0 Å². The molecule has 110 valence electrons. The first-order valence-electron chi connectivity index (χ1n) is 6.56. The maximum Gasteiger partial charge on any atom is 0.211 e. The molecule has 0 radical (unpaired) electrons. The molecular weight excluding hydrogens is 266 g/mol. The van der Waals surface area contributed by atoms with E-state index >= 15 is 0 Å². The minimum absolute atomic E-state index is 0.132. The van der Waals surface area contributed by atoms with Gasteiger partial charge in [-0.2, -0.15) is 0 Å². The quantitative estimate of drug-likeness (QED) is 0.665. The molecule has 0 saturated heterocycles. The van der Waals surface area contributed by atoms with Crippen molar-refractivity contribution in [3.05, 3.63) is 17.0 Å². The molecule has 0 atom stereocenters. The van der Waals surface area contributed by atoms with Gasteiger partial charge in [-0.25, -0.2) is 13.1 Å². The average molecular weight is 289 g/mol. The Morgan fingerprint density at radius 3 is 2.58 bits per heavy atom. The van der Waals surface area contributed by atoms with E-state index in [1.807, 2.05) is 0 Å². The van der Waals surface area contributed by atoms with Crippen LogP contribution < -0.4 is 10.0 Å². The lowest BCUT2D eigenvalue weighted by Gasteiger charge is -2.07. The van der Waals surface area contributed by atoms with E-state index in [1.165, 1.54) is 0 Å². The minimum Gasteiger partial charge on any atom is -0.361 e. The summed E-state index contributed by atoms with van der Waals surface area (Å²) in [5.41, 5.74) is 1.54. The number of sulfonamides is 1. The Morgan fingerprint density at radius 2 is 2.00 bits per heavy atom. The van der Waals surface area contributed by atoms with Crippen LogP contribution in [0.5, 0.6) is 0 Å². The zero-order valence-corrected chi connectivity index (χ0v) is 12.6. The van der Waals surface area contributed by atoms with Crippen molar-refractivity contribution in [3.63, 3.8) is 0 Å². The summed E-state index contributed by atoms with van der Waals surface area (Å²) in [6, 6.07) is 0. The van der Waals surface area contributed by atoms with Gasteiger partial charge in [-0.3, -0.25) is 0 Å². The highest BCUT2D eigenvalue weighted by Gasteiger charge is 2.14. The van der Waals surface area contributed by atoms with Crippen molar-refractivity contribution in [1.82, 2.24) is 15.2 Å². The summed E-state index contributed by atoms with van der Waals surface area (Å²) in [6.45, 7) is 7.54. The fraction of sp³-hybridized carbons (Fsp3) is 0.750. The molecule has 1 aromatic heterocycles. The molecule has 0 aliphatic heterocycles. The van der Waals surface area contributed by atoms with Crippen molar-refractivity contribution in [2.75, 3.05) is 18.8 Å². The molecule has 0 fully saturated rings. The molecule has 0 aromatic carbocycles. The maximum absolute atomic E-state index is 11.8. The SMILES string of the molecule is CCCNCCCS(=O)(=O)NCc1c(C)noc1C. The molecule has 0 saturated carbocycles. The summed E-state index contributed by atoms with van der Waals surface area (Å²) < 4.78 is 31.2. The third-order valence-corrected chi connectivity index (χ3v) is 4.25. The summed E-state index contributed by atoms with van der Waals surface area (Å²) in [5.74, 6) is 0.789. The van der Waals surface area contributed by atoms with Crippen LogP contribution in [0.2, 0.25) is 0 Å². The van der Waals surface area contributed by atoms with E-state index in [2.05, 4.69) is 22.1 Å². The van der Waals surface area contributed by atoms with E-state index in [0.29, 0.717) is 12.2 Å². The van der Waals surface area contributed by atoms with Gasteiger partial charge in [0.25, 0.3) is 0 Å². The summed E-state index contributed by atoms with van der Waals surface area (Å²) in [6.07, 6.45) is 1.66. The summed E-state index contributed by atoms with van der Waals surface area (Å²) in [7, 11) is -3.24. The molecule has 19 heavy (non-hydrogen) atoms. The van der Waals surface area contributed by atoms with Gasteiger partial charge in [0.1, 0.15) is 5.76 Å². The Hall–Kier alpha value is -0.920. The molecule has 0 aliphatic carbocycles. The van der Waals surface area contributed by atoms with E-state index in [1.54, 1.807) is 13.8 Å². The molecule has 6 nitrogen and oxygen atoms in total. The normalized spacial score (nSPS) is 11.9. The van der Waals surface area contributed by atoms with Crippen LogP contribution in [0.4, 0.5) is 0 Å². The summed E-state index contributed by atoms with van der Waals surface area (Å²) in [5, 5.41) is 6.97. The van der Waals surface area contributed by atoms with E-state index in [4.69, 9.17) is 4.52 Å². The van der Waals surface area contributed by atoms with Crippen molar-refractivity contribution in [3.8, 4) is 0 Å². The lowest BCUT2D eigenvalue weighted by molar-refractivity contribution is 0.392. The second-order valence-corrected chi connectivity index (χ2v) is 6.47. The van der Waals surface area contributed by atoms with Gasteiger partial charge in [0.2, 0.25) is 10.0 Å². The fourth-order valence-electron chi connectivity index (χ4n) is 1.70. The standard InChI is InChI=1S/C12H23N3O3S/c1-4-6-13-7-5-8-19(16,17)14-9-12-10(2)15-18-11(12)3/h13-14H,4-9H2,1-3H3. The smallest absolute Gasteiger partial charge is 0.211 e. The van der Waals surface area contributed by atoms with Crippen molar-refractivity contribution in [2.24, 2.45) is 0 Å². The van der Waals surface area contributed by atoms with E-state index in [0.717, 1.165) is 30.8 Å². The number of aromatic nitrogens is 1. The average Bonchev–Trinajstić information content (AvgIpc) is 2.66. The number of aryl methyl sites for hydroxylation is 2. The highest BCUT2D eigenvalue weighted by Crippen LogP contribution is 2.11. The minimum atomic E-state index is -3.24. The second-order valence-electron chi connectivity index (χ2n) is 4.55. The predicted molar refractivity (Wildman–Crippen MR) is 74.4 cm³/mol. The van der Waals surface area contributed by atoms with Crippen LogP contribution in [0, 0.1) is 13.8 Å². The van der Waals surface area contributed by atoms with Crippen molar-refractivity contribution >= 4 is 10.0 Å². The fourth-order valence-corrected chi connectivity index (χ4v) is 2.73. The van der Waals surface area contributed by atoms with E-state index in [-0.39, 0.29) is 12.3 Å². The van der Waals surface area contributed by atoms with Gasteiger partial charge in [-0.05, 0) is 39.8 Å². The molecule has 0 spiro atoms. The molecule has 1 aromatic rings.